The van der Waals surface area contributed by atoms with Gasteiger partial charge in [0.1, 0.15) is 5.75 Å². The summed E-state index contributed by atoms with van der Waals surface area (Å²) in [5.74, 6) is 0.913. The molecule has 1 atom stereocenters. The fraction of sp³-hybridized carbons (Fsp3) is 0.429. The number of ether oxygens (including phenoxy) is 1. The zero-order chi connectivity index (χ0) is 17.2. The van der Waals surface area contributed by atoms with Gasteiger partial charge in [-0.3, -0.25) is 0 Å². The van der Waals surface area contributed by atoms with Crippen molar-refractivity contribution < 1.29 is 4.74 Å². The second-order valence-electron chi connectivity index (χ2n) is 6.00. The van der Waals surface area contributed by atoms with Gasteiger partial charge < -0.3 is 15.0 Å². The third-order valence-corrected chi connectivity index (χ3v) is 4.49. The first-order valence-electron chi connectivity index (χ1n) is 8.90. The third-order valence-electron chi connectivity index (χ3n) is 4.49. The topological polar surface area (TPSA) is 24.5 Å². The lowest BCUT2D eigenvalue weighted by Crippen LogP contribution is -2.34. The molecule has 0 amide bonds. The minimum atomic E-state index is 0.290. The first-order chi connectivity index (χ1) is 11.8. The van der Waals surface area contributed by atoms with Crippen molar-refractivity contribution in [2.45, 2.75) is 26.3 Å². The summed E-state index contributed by atoms with van der Waals surface area (Å²) in [4.78, 5) is 2.44. The molecule has 3 nitrogen and oxygen atoms in total. The molecule has 24 heavy (non-hydrogen) atoms. The Balaban J connectivity index is 2.08. The summed E-state index contributed by atoms with van der Waals surface area (Å²) in [6.07, 6.45) is 0.978. The minimum absolute atomic E-state index is 0.290. The molecule has 0 spiro atoms. The van der Waals surface area contributed by atoms with Crippen LogP contribution in [0.1, 0.15) is 31.0 Å². The van der Waals surface area contributed by atoms with Gasteiger partial charge in [-0.25, -0.2) is 0 Å². The molecule has 0 aliphatic rings. The molecule has 0 aliphatic carbocycles. The highest BCUT2D eigenvalue weighted by atomic mass is 16.5. The molecule has 0 fully saturated rings. The number of nitrogens with one attached hydrogen (secondary N) is 1. The quantitative estimate of drug-likeness (QED) is 0.716. The summed E-state index contributed by atoms with van der Waals surface area (Å²) in [6, 6.07) is 19.3. The van der Waals surface area contributed by atoms with Crippen molar-refractivity contribution in [1.82, 2.24) is 10.2 Å². The highest BCUT2D eigenvalue weighted by Crippen LogP contribution is 2.22. The predicted octanol–water partition coefficient (Wildman–Crippen LogP) is 3.91. The van der Waals surface area contributed by atoms with Crippen LogP contribution in [0.5, 0.6) is 5.75 Å². The van der Waals surface area contributed by atoms with Crippen molar-refractivity contribution >= 4 is 0 Å². The molecular weight excluding hydrogens is 296 g/mol. The van der Waals surface area contributed by atoms with E-state index in [1.807, 2.05) is 6.07 Å². The normalized spacial score (nSPS) is 12.3. The zero-order valence-corrected chi connectivity index (χ0v) is 15.2. The van der Waals surface area contributed by atoms with E-state index in [0.717, 1.165) is 38.3 Å². The summed E-state index contributed by atoms with van der Waals surface area (Å²) in [6.45, 7) is 8.68. The van der Waals surface area contributed by atoms with Crippen molar-refractivity contribution in [3.63, 3.8) is 0 Å². The molecule has 0 radical (unpaired) electrons. The number of likely N-dealkylation sites (N-methyl/N-ethyl adjacent to an activating group) is 1. The Kier molecular flexibility index (Phi) is 7.80. The molecule has 0 unspecified atom stereocenters. The number of rotatable bonds is 10. The van der Waals surface area contributed by atoms with Crippen LogP contribution in [-0.2, 0) is 6.42 Å². The van der Waals surface area contributed by atoms with Crippen LogP contribution in [0.2, 0.25) is 0 Å². The van der Waals surface area contributed by atoms with Gasteiger partial charge in [-0.1, -0.05) is 56.3 Å². The Morgan fingerprint density at radius 1 is 1.00 bits per heavy atom. The molecule has 0 saturated carbocycles. The summed E-state index contributed by atoms with van der Waals surface area (Å²) in [5, 5.41) is 3.74. The molecule has 3 heteroatoms. The Morgan fingerprint density at radius 3 is 2.42 bits per heavy atom. The first kappa shape index (κ1) is 18.5. The number of hydrogen-bond acceptors (Lipinski definition) is 3. The van der Waals surface area contributed by atoms with Crippen LogP contribution in [-0.4, -0.2) is 38.2 Å². The average molecular weight is 326 g/mol. The second kappa shape index (κ2) is 10.1. The number of benzene rings is 2. The van der Waals surface area contributed by atoms with E-state index >= 15 is 0 Å². The van der Waals surface area contributed by atoms with Crippen LogP contribution in [0, 0.1) is 0 Å². The molecule has 130 valence electrons. The molecule has 0 bridgehead atoms. The molecule has 0 saturated heterocycles. The monoisotopic (exact) mass is 326 g/mol. The maximum atomic E-state index is 5.40. The van der Waals surface area contributed by atoms with E-state index in [-0.39, 0.29) is 6.04 Å². The lowest BCUT2D eigenvalue weighted by atomic mass is 9.98. The Hall–Kier alpha value is -1.84. The van der Waals surface area contributed by atoms with Crippen LogP contribution < -0.4 is 10.1 Å². The van der Waals surface area contributed by atoms with Gasteiger partial charge in [0, 0.05) is 19.1 Å². The zero-order valence-electron chi connectivity index (χ0n) is 15.2. The van der Waals surface area contributed by atoms with E-state index < -0.39 is 0 Å². The molecule has 0 heterocycles. The Labute approximate surface area is 146 Å². The van der Waals surface area contributed by atoms with Gasteiger partial charge in [-0.05, 0) is 42.8 Å². The predicted molar refractivity (Wildman–Crippen MR) is 102 cm³/mol. The molecular formula is C21H30N2O. The third kappa shape index (κ3) is 5.66. The fourth-order valence-electron chi connectivity index (χ4n) is 2.95. The van der Waals surface area contributed by atoms with Gasteiger partial charge in [0.05, 0.1) is 7.11 Å². The highest BCUT2D eigenvalue weighted by Gasteiger charge is 2.13. The van der Waals surface area contributed by atoms with Gasteiger partial charge in [0.2, 0.25) is 0 Å². The van der Waals surface area contributed by atoms with Crippen LogP contribution in [0.25, 0.3) is 0 Å². The van der Waals surface area contributed by atoms with Crippen molar-refractivity contribution in [3.05, 3.63) is 65.7 Å². The van der Waals surface area contributed by atoms with Crippen LogP contribution in [0.4, 0.5) is 0 Å². The van der Waals surface area contributed by atoms with E-state index in [1.54, 1.807) is 7.11 Å². The molecule has 2 rings (SSSR count). The van der Waals surface area contributed by atoms with Crippen LogP contribution >= 0.6 is 0 Å². The lowest BCUT2D eigenvalue weighted by Gasteiger charge is -2.23. The molecule has 0 aliphatic heterocycles. The van der Waals surface area contributed by atoms with E-state index in [0.29, 0.717) is 0 Å². The molecule has 0 aromatic heterocycles. The van der Waals surface area contributed by atoms with Crippen LogP contribution in [0.3, 0.4) is 0 Å². The van der Waals surface area contributed by atoms with Gasteiger partial charge in [0.15, 0.2) is 0 Å². The Morgan fingerprint density at radius 2 is 1.75 bits per heavy atom. The van der Waals surface area contributed by atoms with Crippen molar-refractivity contribution in [3.8, 4) is 5.75 Å². The van der Waals surface area contributed by atoms with E-state index in [4.69, 9.17) is 4.74 Å². The van der Waals surface area contributed by atoms with Gasteiger partial charge in [-0.2, -0.15) is 0 Å². The smallest absolute Gasteiger partial charge is 0.119 e. The molecule has 2 aromatic carbocycles. The molecule has 1 N–H and O–H groups in total. The number of nitrogens with zero attached hydrogens (tertiary/aromatic N) is 1. The van der Waals surface area contributed by atoms with Crippen molar-refractivity contribution in [2.75, 3.05) is 33.3 Å². The van der Waals surface area contributed by atoms with E-state index in [1.165, 1.54) is 11.1 Å². The second-order valence-corrected chi connectivity index (χ2v) is 6.00. The maximum absolute atomic E-state index is 5.40. The van der Waals surface area contributed by atoms with Crippen molar-refractivity contribution in [2.24, 2.45) is 0 Å². The van der Waals surface area contributed by atoms with Crippen molar-refractivity contribution in [1.29, 1.82) is 0 Å². The summed E-state index contributed by atoms with van der Waals surface area (Å²) >= 11 is 0. The fourth-order valence-corrected chi connectivity index (χ4v) is 2.95. The van der Waals surface area contributed by atoms with E-state index in [2.05, 4.69) is 72.6 Å². The maximum Gasteiger partial charge on any atom is 0.119 e. The number of methoxy groups -OCH3 is 1. The summed E-state index contributed by atoms with van der Waals surface area (Å²) < 4.78 is 5.40. The largest absolute Gasteiger partial charge is 0.497 e. The minimum Gasteiger partial charge on any atom is -0.497 e. The highest BCUT2D eigenvalue weighted by molar-refractivity contribution is 5.32. The lowest BCUT2D eigenvalue weighted by molar-refractivity contribution is 0.296. The SMILES string of the molecule is CCN(CC)CCN[C@@H](Cc1ccccc1)c1cccc(OC)c1. The molecule has 2 aromatic rings. The number of hydrogen-bond donors (Lipinski definition) is 1. The van der Waals surface area contributed by atoms with E-state index in [9.17, 15) is 0 Å². The summed E-state index contributed by atoms with van der Waals surface area (Å²) in [7, 11) is 1.72. The van der Waals surface area contributed by atoms with Crippen LogP contribution in [0.15, 0.2) is 54.6 Å². The Bertz CT molecular complexity index is 581. The van der Waals surface area contributed by atoms with Gasteiger partial charge >= 0.3 is 0 Å². The van der Waals surface area contributed by atoms with Gasteiger partial charge in [0.25, 0.3) is 0 Å². The van der Waals surface area contributed by atoms with Gasteiger partial charge in [-0.15, -0.1) is 0 Å². The summed E-state index contributed by atoms with van der Waals surface area (Å²) in [5.41, 5.74) is 2.62. The first-order valence-corrected chi connectivity index (χ1v) is 8.90. The standard InChI is InChI=1S/C21H30N2O/c1-4-23(5-2)15-14-22-21(16-18-10-7-6-8-11-18)19-12-9-13-20(17-19)24-3/h6-13,17,21-22H,4-5,14-16H2,1-3H3/t21-/m0/s1. The average Bonchev–Trinajstić information content (AvgIpc) is 2.65.